The van der Waals surface area contributed by atoms with Gasteiger partial charge in [-0.25, -0.2) is 9.82 Å². The molecule has 3 aliphatic carbocycles. The molecule has 0 bridgehead atoms. The number of nitrogens with one attached hydrogen (secondary N) is 1. The number of fused-ring (bicyclic) bond motifs is 1. The van der Waals surface area contributed by atoms with Crippen molar-refractivity contribution in [1.29, 1.82) is 0 Å². The summed E-state index contributed by atoms with van der Waals surface area (Å²) in [6.45, 7) is 6.78. The number of aromatic nitrogens is 2. The first-order valence-corrected chi connectivity index (χ1v) is 8.62. The topological polar surface area (TPSA) is 29.9 Å². The van der Waals surface area contributed by atoms with Crippen LogP contribution >= 0.6 is 11.8 Å². The second-order valence-corrected chi connectivity index (χ2v) is 7.92. The van der Waals surface area contributed by atoms with E-state index >= 15 is 0 Å². The summed E-state index contributed by atoms with van der Waals surface area (Å²) in [5.74, 6) is 1.92. The number of hydrogen-bond acceptors (Lipinski definition) is 2. The molecule has 5 atom stereocenters. The molecule has 1 aromatic heterocycles. The monoisotopic (exact) mass is 347 g/mol. The molecular formula is C16H21ClF3N3. The minimum Gasteiger partial charge on any atom is -0.332 e. The van der Waals surface area contributed by atoms with Crippen molar-refractivity contribution in [3.8, 4) is 0 Å². The number of rotatable bonds is 5. The normalized spacial score (nSPS) is 40.6. The van der Waals surface area contributed by atoms with Gasteiger partial charge in [-0.15, -0.1) is 0 Å². The Morgan fingerprint density at radius 1 is 1.48 bits per heavy atom. The van der Waals surface area contributed by atoms with Crippen molar-refractivity contribution in [2.24, 2.45) is 22.7 Å². The van der Waals surface area contributed by atoms with Crippen LogP contribution in [0.5, 0.6) is 0 Å². The summed E-state index contributed by atoms with van der Waals surface area (Å²) in [5, 5.41) is 0. The summed E-state index contributed by atoms with van der Waals surface area (Å²) in [6.07, 6.45) is -1.17. The Morgan fingerprint density at radius 2 is 2.17 bits per heavy atom. The maximum absolute atomic E-state index is 13.0. The molecule has 23 heavy (non-hydrogen) atoms. The molecule has 4 unspecified atom stereocenters. The SMILES string of the molecule is CCC1(CNCl)C2C3C(c4nc(C(F)(F)F)cn4C(C)C)C[C@@]321. The van der Waals surface area contributed by atoms with Crippen molar-refractivity contribution in [3.05, 3.63) is 17.7 Å². The maximum atomic E-state index is 13.0. The van der Waals surface area contributed by atoms with Crippen molar-refractivity contribution in [2.45, 2.75) is 51.7 Å². The van der Waals surface area contributed by atoms with Gasteiger partial charge in [-0.2, -0.15) is 13.2 Å². The first kappa shape index (κ1) is 15.8. The number of nitrogens with zero attached hydrogens (tertiary/aromatic N) is 2. The first-order valence-electron chi connectivity index (χ1n) is 8.24. The lowest BCUT2D eigenvalue weighted by atomic mass is 9.62. The largest absolute Gasteiger partial charge is 0.434 e. The zero-order valence-corrected chi connectivity index (χ0v) is 14.2. The van der Waals surface area contributed by atoms with Crippen molar-refractivity contribution < 1.29 is 13.2 Å². The third kappa shape index (κ3) is 1.69. The van der Waals surface area contributed by atoms with Crippen LogP contribution in [0.4, 0.5) is 13.2 Å². The molecule has 128 valence electrons. The lowest BCUT2D eigenvalue weighted by molar-refractivity contribution is -0.141. The number of alkyl halides is 3. The summed E-state index contributed by atoms with van der Waals surface area (Å²) in [7, 11) is 0. The van der Waals surface area contributed by atoms with E-state index in [1.54, 1.807) is 4.57 Å². The van der Waals surface area contributed by atoms with Gasteiger partial charge in [0.1, 0.15) is 5.82 Å². The van der Waals surface area contributed by atoms with E-state index in [2.05, 4.69) is 16.7 Å². The molecule has 4 rings (SSSR count). The Bertz CT molecular complexity index is 655. The van der Waals surface area contributed by atoms with Crippen LogP contribution in [0.25, 0.3) is 0 Å². The zero-order chi connectivity index (χ0) is 16.8. The van der Waals surface area contributed by atoms with Gasteiger partial charge in [0.05, 0.1) is 0 Å². The lowest BCUT2D eigenvalue weighted by Crippen LogP contribution is -2.41. The van der Waals surface area contributed by atoms with Crippen LogP contribution in [0.15, 0.2) is 6.20 Å². The summed E-state index contributed by atoms with van der Waals surface area (Å²) in [5.41, 5.74) is -0.154. The predicted octanol–water partition coefficient (Wildman–Crippen LogP) is 4.36. The van der Waals surface area contributed by atoms with Crippen molar-refractivity contribution in [3.63, 3.8) is 0 Å². The fourth-order valence-corrected chi connectivity index (χ4v) is 5.96. The van der Waals surface area contributed by atoms with Crippen molar-refractivity contribution >= 4 is 11.8 Å². The second kappa shape index (κ2) is 4.45. The van der Waals surface area contributed by atoms with E-state index in [1.807, 2.05) is 13.8 Å². The highest BCUT2D eigenvalue weighted by molar-refractivity contribution is 6.13. The lowest BCUT2D eigenvalue weighted by Gasteiger charge is -2.43. The minimum atomic E-state index is -4.38. The molecule has 1 N–H and O–H groups in total. The van der Waals surface area contributed by atoms with Crippen LogP contribution in [0.2, 0.25) is 0 Å². The van der Waals surface area contributed by atoms with E-state index in [-0.39, 0.29) is 17.4 Å². The molecule has 0 amide bonds. The fourth-order valence-electron chi connectivity index (χ4n) is 5.72. The molecule has 1 aromatic rings. The van der Waals surface area contributed by atoms with Gasteiger partial charge in [0.15, 0.2) is 5.69 Å². The van der Waals surface area contributed by atoms with E-state index in [4.69, 9.17) is 11.8 Å². The van der Waals surface area contributed by atoms with Crippen molar-refractivity contribution in [1.82, 2.24) is 14.4 Å². The molecule has 1 heterocycles. The molecule has 3 fully saturated rings. The van der Waals surface area contributed by atoms with E-state index < -0.39 is 11.9 Å². The van der Waals surface area contributed by atoms with Gasteiger partial charge in [0, 0.05) is 24.7 Å². The Labute approximate surface area is 138 Å². The Hall–Kier alpha value is -0.750. The van der Waals surface area contributed by atoms with E-state index in [0.717, 1.165) is 19.4 Å². The smallest absolute Gasteiger partial charge is 0.332 e. The van der Waals surface area contributed by atoms with E-state index in [1.165, 1.54) is 6.20 Å². The molecule has 3 saturated carbocycles. The molecule has 1 spiro atoms. The van der Waals surface area contributed by atoms with Gasteiger partial charge in [-0.1, -0.05) is 6.92 Å². The first-order chi connectivity index (χ1) is 10.7. The number of imidazole rings is 1. The molecule has 3 aliphatic rings. The summed E-state index contributed by atoms with van der Waals surface area (Å²) in [6, 6.07) is -0.0133. The molecule has 0 aliphatic heterocycles. The minimum absolute atomic E-state index is 0.0133. The van der Waals surface area contributed by atoms with Crippen LogP contribution in [-0.4, -0.2) is 16.1 Å². The van der Waals surface area contributed by atoms with Crippen LogP contribution in [-0.2, 0) is 6.18 Å². The molecule has 0 radical (unpaired) electrons. The molecule has 0 aromatic carbocycles. The van der Waals surface area contributed by atoms with Crippen LogP contribution in [0, 0.1) is 22.7 Å². The molecule has 7 heteroatoms. The standard InChI is InChI=1S/C16H21ClF3N3/c1-4-14(7-21-17)12-11-9(5-15(11,12)14)13-22-10(16(18,19)20)6-23(13)8(2)3/h6,8-9,11-12,21H,4-5,7H2,1-3H3/t9?,11?,12?,14?,15-/m1/s1. The highest BCUT2D eigenvalue weighted by Gasteiger charge is 2.99. The van der Waals surface area contributed by atoms with Crippen LogP contribution < -0.4 is 4.84 Å². The Balaban J connectivity index is 1.58. The van der Waals surface area contributed by atoms with Gasteiger partial charge in [-0.3, -0.25) is 0 Å². The predicted molar refractivity (Wildman–Crippen MR) is 81.0 cm³/mol. The van der Waals surface area contributed by atoms with Gasteiger partial charge in [0.2, 0.25) is 0 Å². The average molecular weight is 348 g/mol. The number of halogens is 4. The molecule has 0 saturated heterocycles. The number of hydrogen-bond donors (Lipinski definition) is 1. The molecule has 3 nitrogen and oxygen atoms in total. The van der Waals surface area contributed by atoms with Crippen LogP contribution in [0.3, 0.4) is 0 Å². The summed E-state index contributed by atoms with van der Waals surface area (Å²) >= 11 is 5.71. The van der Waals surface area contributed by atoms with E-state index in [0.29, 0.717) is 23.1 Å². The summed E-state index contributed by atoms with van der Waals surface area (Å²) in [4.78, 5) is 6.74. The fraction of sp³-hybridized carbons (Fsp3) is 0.812. The second-order valence-electron chi connectivity index (χ2n) is 7.66. The highest BCUT2D eigenvalue weighted by atomic mass is 35.5. The third-order valence-corrected chi connectivity index (χ3v) is 6.92. The summed E-state index contributed by atoms with van der Waals surface area (Å²) < 4.78 is 40.7. The Morgan fingerprint density at radius 3 is 2.61 bits per heavy atom. The quantitative estimate of drug-likeness (QED) is 0.802. The van der Waals surface area contributed by atoms with Gasteiger partial charge in [0.25, 0.3) is 0 Å². The Kier molecular flexibility index (Phi) is 3.05. The average Bonchev–Trinajstić information content (AvgIpc) is 3.08. The van der Waals surface area contributed by atoms with Gasteiger partial charge in [-0.05, 0) is 61.1 Å². The molecular weight excluding hydrogens is 327 g/mol. The van der Waals surface area contributed by atoms with E-state index in [9.17, 15) is 13.2 Å². The van der Waals surface area contributed by atoms with Crippen molar-refractivity contribution in [2.75, 3.05) is 6.54 Å². The zero-order valence-electron chi connectivity index (χ0n) is 13.4. The van der Waals surface area contributed by atoms with Gasteiger partial charge < -0.3 is 4.57 Å². The maximum Gasteiger partial charge on any atom is 0.434 e. The van der Waals surface area contributed by atoms with Gasteiger partial charge >= 0.3 is 6.18 Å². The highest BCUT2D eigenvalue weighted by Crippen LogP contribution is 3.02. The third-order valence-electron chi connectivity index (χ3n) is 6.78. The van der Waals surface area contributed by atoms with Crippen LogP contribution in [0.1, 0.15) is 57.1 Å².